The summed E-state index contributed by atoms with van der Waals surface area (Å²) in [5.41, 5.74) is 2.07. The van der Waals surface area contributed by atoms with E-state index < -0.39 is 35.8 Å². The predicted molar refractivity (Wildman–Crippen MR) is 137 cm³/mol. The van der Waals surface area contributed by atoms with Crippen molar-refractivity contribution in [2.75, 3.05) is 13.7 Å². The Morgan fingerprint density at radius 2 is 1.89 bits per heavy atom. The molecule has 3 rings (SSSR count). The second-order valence-corrected chi connectivity index (χ2v) is 10.7. The number of carbonyl (C=O) groups is 3. The smallest absolute Gasteiger partial charge is 0.408 e. The van der Waals surface area contributed by atoms with E-state index in [-0.39, 0.29) is 11.8 Å². The SMILES string of the molecule is CCOc1ccc2c3c([nH]c2c1)[C@H](CC(C)C)N(C(=O)[C@H](C)NC(=O)OC(C)(C)C)[C@@H](C(=O)OC)C3. The molecule has 36 heavy (non-hydrogen) atoms. The Morgan fingerprint density at radius 1 is 1.19 bits per heavy atom. The van der Waals surface area contributed by atoms with Gasteiger partial charge in [-0.3, -0.25) is 4.79 Å². The number of carbonyl (C=O) groups excluding carboxylic acids is 3. The standard InChI is InChI=1S/C27H39N3O6/c1-9-35-17-10-11-18-19-14-22(25(32)34-8)30(21(12-15(2)3)23(19)29-20(18)13-17)24(31)16(4)28-26(33)36-27(5,6)7/h10-11,13,15-16,21-22,29H,9,12,14H2,1-8H3,(H,28,33)/t16-,21-,22+/m0/s1. The van der Waals surface area contributed by atoms with E-state index in [1.165, 1.54) is 7.11 Å². The number of aromatic amines is 1. The molecule has 9 heteroatoms. The second kappa shape index (κ2) is 10.8. The van der Waals surface area contributed by atoms with E-state index in [2.05, 4.69) is 24.1 Å². The van der Waals surface area contributed by atoms with Crippen LogP contribution in [0.3, 0.4) is 0 Å². The van der Waals surface area contributed by atoms with Crippen LogP contribution < -0.4 is 10.1 Å². The molecule has 2 N–H and O–H groups in total. The first kappa shape index (κ1) is 27.4. The minimum atomic E-state index is -0.905. The fourth-order valence-electron chi connectivity index (χ4n) is 4.75. The molecule has 0 unspecified atom stereocenters. The molecule has 0 radical (unpaired) electrons. The Bertz CT molecular complexity index is 1120. The van der Waals surface area contributed by atoms with Gasteiger partial charge in [0.2, 0.25) is 5.91 Å². The lowest BCUT2D eigenvalue weighted by Gasteiger charge is -2.42. The van der Waals surface area contributed by atoms with Gasteiger partial charge in [0.05, 0.1) is 19.8 Å². The molecule has 198 valence electrons. The summed E-state index contributed by atoms with van der Waals surface area (Å²) in [5, 5.41) is 3.61. The molecule has 1 aliphatic heterocycles. The third kappa shape index (κ3) is 5.94. The van der Waals surface area contributed by atoms with Gasteiger partial charge in [-0.15, -0.1) is 0 Å². The number of hydrogen-bond donors (Lipinski definition) is 2. The molecule has 0 aliphatic carbocycles. The minimum absolute atomic E-state index is 0.231. The van der Waals surface area contributed by atoms with Crippen molar-refractivity contribution >= 4 is 28.9 Å². The first-order valence-corrected chi connectivity index (χ1v) is 12.5. The molecule has 2 aromatic rings. The highest BCUT2D eigenvalue weighted by atomic mass is 16.6. The van der Waals surface area contributed by atoms with Gasteiger partial charge in [-0.2, -0.15) is 0 Å². The predicted octanol–water partition coefficient (Wildman–Crippen LogP) is 4.49. The lowest BCUT2D eigenvalue weighted by Crippen LogP contribution is -2.57. The lowest BCUT2D eigenvalue weighted by atomic mass is 9.87. The maximum absolute atomic E-state index is 13.8. The fourth-order valence-corrected chi connectivity index (χ4v) is 4.75. The summed E-state index contributed by atoms with van der Waals surface area (Å²) >= 11 is 0. The van der Waals surface area contributed by atoms with E-state index in [0.717, 1.165) is 27.9 Å². The number of rotatable bonds is 7. The monoisotopic (exact) mass is 501 g/mol. The summed E-state index contributed by atoms with van der Waals surface area (Å²) in [6.45, 7) is 13.5. The number of fused-ring (bicyclic) bond motifs is 3. The normalized spacial score (nSPS) is 18.5. The number of benzene rings is 1. The molecule has 0 fully saturated rings. The Morgan fingerprint density at radius 3 is 2.47 bits per heavy atom. The first-order chi connectivity index (χ1) is 16.9. The van der Waals surface area contributed by atoms with Crippen molar-refractivity contribution in [1.82, 2.24) is 15.2 Å². The van der Waals surface area contributed by atoms with Crippen LogP contribution in [-0.4, -0.2) is 59.3 Å². The summed E-state index contributed by atoms with van der Waals surface area (Å²) < 4.78 is 16.1. The maximum Gasteiger partial charge on any atom is 0.408 e. The van der Waals surface area contributed by atoms with Gasteiger partial charge >= 0.3 is 12.1 Å². The van der Waals surface area contributed by atoms with Crippen LogP contribution in [0.4, 0.5) is 4.79 Å². The van der Waals surface area contributed by atoms with Gasteiger partial charge in [0, 0.05) is 29.1 Å². The zero-order valence-corrected chi connectivity index (χ0v) is 22.6. The number of esters is 1. The summed E-state index contributed by atoms with van der Waals surface area (Å²) in [6.07, 6.45) is 0.233. The molecule has 1 aromatic heterocycles. The van der Waals surface area contributed by atoms with Crippen molar-refractivity contribution in [2.45, 2.75) is 85.0 Å². The number of aromatic nitrogens is 1. The van der Waals surface area contributed by atoms with Crippen LogP contribution in [0.1, 0.15) is 72.2 Å². The second-order valence-electron chi connectivity index (χ2n) is 10.7. The summed E-state index contributed by atoms with van der Waals surface area (Å²) in [6, 6.07) is 3.70. The van der Waals surface area contributed by atoms with Gasteiger partial charge in [-0.25, -0.2) is 9.59 Å². The third-order valence-electron chi connectivity index (χ3n) is 6.15. The minimum Gasteiger partial charge on any atom is -0.494 e. The molecule has 0 saturated carbocycles. The maximum atomic E-state index is 13.8. The third-order valence-corrected chi connectivity index (χ3v) is 6.15. The molecule has 1 aliphatic rings. The topological polar surface area (TPSA) is 110 Å². The molecule has 2 amide bonds. The molecule has 0 bridgehead atoms. The summed E-state index contributed by atoms with van der Waals surface area (Å²) in [7, 11) is 1.32. The summed E-state index contributed by atoms with van der Waals surface area (Å²) in [4.78, 5) is 44.3. The van der Waals surface area contributed by atoms with E-state index in [1.807, 2.05) is 25.1 Å². The average Bonchev–Trinajstić information content (AvgIpc) is 3.14. The largest absolute Gasteiger partial charge is 0.494 e. The molecule has 2 heterocycles. The van der Waals surface area contributed by atoms with Gasteiger partial charge in [-0.1, -0.05) is 13.8 Å². The fraction of sp³-hybridized carbons (Fsp3) is 0.593. The zero-order valence-electron chi connectivity index (χ0n) is 22.6. The number of nitrogens with one attached hydrogen (secondary N) is 2. The number of H-pyrrole nitrogens is 1. The highest BCUT2D eigenvalue weighted by molar-refractivity contribution is 5.93. The lowest BCUT2D eigenvalue weighted by molar-refractivity contribution is -0.157. The van der Waals surface area contributed by atoms with Crippen molar-refractivity contribution in [3.63, 3.8) is 0 Å². The number of hydrogen-bond acceptors (Lipinski definition) is 6. The Labute approximate surface area is 212 Å². The zero-order chi connectivity index (χ0) is 26.8. The van der Waals surface area contributed by atoms with Crippen molar-refractivity contribution in [1.29, 1.82) is 0 Å². The van der Waals surface area contributed by atoms with E-state index >= 15 is 0 Å². The number of alkyl carbamates (subject to hydrolysis) is 1. The number of nitrogens with zero attached hydrogens (tertiary/aromatic N) is 1. The van der Waals surface area contributed by atoms with E-state index in [0.29, 0.717) is 19.4 Å². The number of ether oxygens (including phenoxy) is 3. The molecular weight excluding hydrogens is 462 g/mol. The van der Waals surface area contributed by atoms with E-state index in [4.69, 9.17) is 14.2 Å². The van der Waals surface area contributed by atoms with Crippen molar-refractivity contribution < 1.29 is 28.6 Å². The van der Waals surface area contributed by atoms with Crippen molar-refractivity contribution in [3.05, 3.63) is 29.5 Å². The van der Waals surface area contributed by atoms with Gasteiger partial charge in [-0.05, 0) is 64.7 Å². The molecule has 1 aromatic carbocycles. The Balaban J connectivity index is 2.05. The van der Waals surface area contributed by atoms with Gasteiger partial charge in [0.1, 0.15) is 23.4 Å². The van der Waals surface area contributed by atoms with Gasteiger partial charge < -0.3 is 29.4 Å². The summed E-state index contributed by atoms with van der Waals surface area (Å²) in [5.74, 6) is 0.111. The molecule has 9 nitrogen and oxygen atoms in total. The molecule has 0 saturated heterocycles. The quantitative estimate of drug-likeness (QED) is 0.541. The highest BCUT2D eigenvalue weighted by Gasteiger charge is 2.45. The molecular formula is C27H39N3O6. The Hall–Kier alpha value is -3.23. The van der Waals surface area contributed by atoms with Gasteiger partial charge in [0.25, 0.3) is 0 Å². The van der Waals surface area contributed by atoms with Crippen molar-refractivity contribution in [2.24, 2.45) is 5.92 Å². The van der Waals surface area contributed by atoms with E-state index in [9.17, 15) is 14.4 Å². The van der Waals surface area contributed by atoms with Crippen LogP contribution in [0.15, 0.2) is 18.2 Å². The molecule has 3 atom stereocenters. The van der Waals surface area contributed by atoms with Crippen LogP contribution >= 0.6 is 0 Å². The highest BCUT2D eigenvalue weighted by Crippen LogP contribution is 2.41. The Kier molecular flexibility index (Phi) is 8.21. The van der Waals surface area contributed by atoms with Gasteiger partial charge in [0.15, 0.2) is 0 Å². The molecule has 0 spiro atoms. The van der Waals surface area contributed by atoms with Crippen LogP contribution in [-0.2, 0) is 25.5 Å². The average molecular weight is 502 g/mol. The van der Waals surface area contributed by atoms with E-state index in [1.54, 1.807) is 32.6 Å². The van der Waals surface area contributed by atoms with Crippen LogP contribution in [0.5, 0.6) is 5.75 Å². The van der Waals surface area contributed by atoms with Crippen molar-refractivity contribution in [3.8, 4) is 5.75 Å². The number of methoxy groups -OCH3 is 1. The number of amides is 2. The first-order valence-electron chi connectivity index (χ1n) is 12.5. The van der Waals surface area contributed by atoms with Crippen LogP contribution in [0.2, 0.25) is 0 Å². The van der Waals surface area contributed by atoms with Crippen LogP contribution in [0, 0.1) is 5.92 Å². The van der Waals surface area contributed by atoms with Crippen LogP contribution in [0.25, 0.3) is 10.9 Å².